The molecule has 2 aromatic rings. The lowest BCUT2D eigenvalue weighted by atomic mass is 10.0. The third kappa shape index (κ3) is 2.76. The quantitative estimate of drug-likeness (QED) is 0.880. The van der Waals surface area contributed by atoms with Crippen LogP contribution in [0.2, 0.25) is 0 Å². The fraction of sp³-hybridized carbons (Fsp3) is 0.357. The second-order valence-corrected chi connectivity index (χ2v) is 4.32. The minimum Gasteiger partial charge on any atom is -0.305 e. The molecular weight excluding hydrogens is 229 g/mol. The lowest BCUT2D eigenvalue weighted by Gasteiger charge is -2.17. The van der Waals surface area contributed by atoms with E-state index < -0.39 is 0 Å². The second-order valence-electron chi connectivity index (χ2n) is 4.32. The fourth-order valence-electron chi connectivity index (χ4n) is 1.96. The Bertz CT molecular complexity index is 507. The van der Waals surface area contributed by atoms with Crippen molar-refractivity contribution in [3.05, 3.63) is 53.6 Å². The van der Waals surface area contributed by atoms with Gasteiger partial charge in [0.2, 0.25) is 0 Å². The van der Waals surface area contributed by atoms with Crippen molar-refractivity contribution in [3.8, 4) is 0 Å². The normalized spacial score (nSPS) is 12.6. The average Bonchev–Trinajstić information content (AvgIpc) is 2.78. The van der Waals surface area contributed by atoms with Gasteiger partial charge in [0.25, 0.3) is 0 Å². The Balaban J connectivity index is 2.33. The number of hydrogen-bond donors (Lipinski definition) is 1. The summed E-state index contributed by atoms with van der Waals surface area (Å²) in [7, 11) is 1.86. The molecule has 0 amide bonds. The first-order valence-electron chi connectivity index (χ1n) is 6.19. The molecule has 3 nitrogen and oxygen atoms in total. The fourth-order valence-corrected chi connectivity index (χ4v) is 1.96. The highest BCUT2D eigenvalue weighted by molar-refractivity contribution is 5.28. The van der Waals surface area contributed by atoms with E-state index in [0.717, 1.165) is 18.7 Å². The third-order valence-corrected chi connectivity index (χ3v) is 2.84. The number of benzene rings is 1. The van der Waals surface area contributed by atoms with E-state index in [-0.39, 0.29) is 11.9 Å². The van der Waals surface area contributed by atoms with Gasteiger partial charge in [0.05, 0.1) is 11.7 Å². The van der Waals surface area contributed by atoms with E-state index in [4.69, 9.17) is 0 Å². The van der Waals surface area contributed by atoms with Crippen LogP contribution in [0.3, 0.4) is 0 Å². The maximum Gasteiger partial charge on any atom is 0.128 e. The summed E-state index contributed by atoms with van der Waals surface area (Å²) < 4.78 is 15.6. The smallest absolute Gasteiger partial charge is 0.128 e. The predicted molar refractivity (Wildman–Crippen MR) is 69.7 cm³/mol. The predicted octanol–water partition coefficient (Wildman–Crippen LogP) is 2.65. The van der Waals surface area contributed by atoms with Crippen molar-refractivity contribution in [2.45, 2.75) is 19.4 Å². The van der Waals surface area contributed by atoms with Gasteiger partial charge in [0.1, 0.15) is 5.82 Å². The summed E-state index contributed by atoms with van der Waals surface area (Å²) >= 11 is 0. The van der Waals surface area contributed by atoms with Crippen LogP contribution in [0.5, 0.6) is 0 Å². The molecule has 1 aromatic heterocycles. The van der Waals surface area contributed by atoms with Crippen molar-refractivity contribution in [3.63, 3.8) is 0 Å². The topological polar surface area (TPSA) is 29.9 Å². The van der Waals surface area contributed by atoms with Gasteiger partial charge in [-0.05, 0) is 25.1 Å². The molecule has 0 saturated heterocycles. The Morgan fingerprint density at radius 3 is 2.72 bits per heavy atom. The summed E-state index contributed by atoms with van der Waals surface area (Å²) in [6.07, 6.45) is 2.87. The van der Waals surface area contributed by atoms with Gasteiger partial charge in [0, 0.05) is 18.8 Å². The number of aromatic nitrogens is 2. The van der Waals surface area contributed by atoms with Crippen LogP contribution in [-0.2, 0) is 7.05 Å². The maximum atomic E-state index is 13.9. The molecule has 0 aliphatic heterocycles. The van der Waals surface area contributed by atoms with Gasteiger partial charge < -0.3 is 5.32 Å². The molecule has 1 atom stereocenters. The van der Waals surface area contributed by atoms with Crippen molar-refractivity contribution < 1.29 is 4.39 Å². The zero-order chi connectivity index (χ0) is 13.0. The van der Waals surface area contributed by atoms with E-state index in [1.807, 2.05) is 25.4 Å². The number of hydrogen-bond acceptors (Lipinski definition) is 2. The number of aryl methyl sites for hydroxylation is 1. The van der Waals surface area contributed by atoms with E-state index in [2.05, 4.69) is 17.3 Å². The molecule has 0 aliphatic carbocycles. The summed E-state index contributed by atoms with van der Waals surface area (Å²) in [4.78, 5) is 0. The zero-order valence-corrected chi connectivity index (χ0v) is 10.7. The van der Waals surface area contributed by atoms with E-state index in [0.29, 0.717) is 5.56 Å². The molecular formula is C14H18FN3. The molecule has 0 saturated carbocycles. The van der Waals surface area contributed by atoms with Crippen LogP contribution in [0.15, 0.2) is 36.5 Å². The Labute approximate surface area is 107 Å². The van der Waals surface area contributed by atoms with E-state index in [1.54, 1.807) is 16.8 Å². The summed E-state index contributed by atoms with van der Waals surface area (Å²) in [5.41, 5.74) is 1.49. The molecule has 1 heterocycles. The molecule has 2 rings (SSSR count). The van der Waals surface area contributed by atoms with Crippen LogP contribution >= 0.6 is 0 Å². The minimum atomic E-state index is -0.197. The number of halogens is 1. The lowest BCUT2D eigenvalue weighted by Crippen LogP contribution is -2.24. The summed E-state index contributed by atoms with van der Waals surface area (Å²) in [6, 6.07) is 8.57. The largest absolute Gasteiger partial charge is 0.305 e. The number of nitrogens with zero attached hydrogens (tertiary/aromatic N) is 2. The molecule has 1 N–H and O–H groups in total. The van der Waals surface area contributed by atoms with Gasteiger partial charge in [-0.2, -0.15) is 5.10 Å². The Hall–Kier alpha value is -1.68. The van der Waals surface area contributed by atoms with Gasteiger partial charge in [-0.1, -0.05) is 25.1 Å². The standard InChI is InChI=1S/C14H18FN3/c1-3-9-16-14(13-8-10-18(2)17-13)11-6-4-5-7-12(11)15/h4-8,10,14,16H,3,9H2,1-2H3. The van der Waals surface area contributed by atoms with Crippen molar-refractivity contribution in [1.82, 2.24) is 15.1 Å². The lowest BCUT2D eigenvalue weighted by molar-refractivity contribution is 0.534. The molecule has 96 valence electrons. The Morgan fingerprint density at radius 2 is 2.11 bits per heavy atom. The molecule has 1 aromatic carbocycles. The molecule has 18 heavy (non-hydrogen) atoms. The molecule has 0 radical (unpaired) electrons. The molecule has 1 unspecified atom stereocenters. The highest BCUT2D eigenvalue weighted by Crippen LogP contribution is 2.22. The first kappa shape index (κ1) is 12.8. The van der Waals surface area contributed by atoms with Gasteiger partial charge >= 0.3 is 0 Å². The third-order valence-electron chi connectivity index (χ3n) is 2.84. The van der Waals surface area contributed by atoms with Crippen LogP contribution in [0.4, 0.5) is 4.39 Å². The van der Waals surface area contributed by atoms with Crippen molar-refractivity contribution in [2.75, 3.05) is 6.54 Å². The van der Waals surface area contributed by atoms with E-state index in [1.165, 1.54) is 6.07 Å². The van der Waals surface area contributed by atoms with Crippen molar-refractivity contribution in [2.24, 2.45) is 7.05 Å². The monoisotopic (exact) mass is 247 g/mol. The minimum absolute atomic E-state index is 0.188. The van der Waals surface area contributed by atoms with Gasteiger partial charge in [-0.15, -0.1) is 0 Å². The van der Waals surface area contributed by atoms with Crippen LogP contribution in [0.1, 0.15) is 30.6 Å². The highest BCUT2D eigenvalue weighted by atomic mass is 19.1. The highest BCUT2D eigenvalue weighted by Gasteiger charge is 2.18. The van der Waals surface area contributed by atoms with Gasteiger partial charge in [-0.3, -0.25) is 4.68 Å². The van der Waals surface area contributed by atoms with Gasteiger partial charge in [-0.25, -0.2) is 4.39 Å². The SMILES string of the molecule is CCCNC(c1ccn(C)n1)c1ccccc1F. The maximum absolute atomic E-state index is 13.9. The van der Waals surface area contributed by atoms with Crippen LogP contribution < -0.4 is 5.32 Å². The van der Waals surface area contributed by atoms with E-state index in [9.17, 15) is 4.39 Å². The number of nitrogens with one attached hydrogen (secondary N) is 1. The van der Waals surface area contributed by atoms with Gasteiger partial charge in [0.15, 0.2) is 0 Å². The summed E-state index contributed by atoms with van der Waals surface area (Å²) in [6.45, 7) is 2.92. The first-order chi connectivity index (χ1) is 8.72. The summed E-state index contributed by atoms with van der Waals surface area (Å²) in [5, 5.41) is 7.71. The van der Waals surface area contributed by atoms with Crippen molar-refractivity contribution >= 4 is 0 Å². The van der Waals surface area contributed by atoms with Crippen LogP contribution in [0, 0.1) is 5.82 Å². The number of rotatable bonds is 5. The molecule has 4 heteroatoms. The molecule has 0 spiro atoms. The van der Waals surface area contributed by atoms with Crippen molar-refractivity contribution in [1.29, 1.82) is 0 Å². The first-order valence-corrected chi connectivity index (χ1v) is 6.19. The average molecular weight is 247 g/mol. The van der Waals surface area contributed by atoms with Crippen LogP contribution in [-0.4, -0.2) is 16.3 Å². The zero-order valence-electron chi connectivity index (χ0n) is 10.7. The Kier molecular flexibility index (Phi) is 4.10. The second kappa shape index (κ2) is 5.78. The van der Waals surface area contributed by atoms with Crippen LogP contribution in [0.25, 0.3) is 0 Å². The Morgan fingerprint density at radius 1 is 1.33 bits per heavy atom. The molecule has 0 aliphatic rings. The molecule has 0 fully saturated rings. The molecule has 0 bridgehead atoms. The summed E-state index contributed by atoms with van der Waals surface area (Å²) in [5.74, 6) is -0.197. The van der Waals surface area contributed by atoms with E-state index >= 15 is 0 Å².